The highest BCUT2D eigenvalue weighted by Gasteiger charge is 2.31. The molecular weight excluding hydrogens is 259 g/mol. The van der Waals surface area contributed by atoms with Gasteiger partial charge in [-0.2, -0.15) is 13.2 Å². The first-order chi connectivity index (χ1) is 8.89. The van der Waals surface area contributed by atoms with Crippen LogP contribution in [0, 0.1) is 0 Å². The van der Waals surface area contributed by atoms with Gasteiger partial charge >= 0.3 is 12.1 Å². The number of aromatic nitrogens is 1. The second-order valence-corrected chi connectivity index (χ2v) is 3.80. The van der Waals surface area contributed by atoms with Crippen molar-refractivity contribution in [2.75, 3.05) is 0 Å². The van der Waals surface area contributed by atoms with Crippen LogP contribution in [0.15, 0.2) is 42.7 Å². The van der Waals surface area contributed by atoms with Gasteiger partial charge in [-0.1, -0.05) is 6.07 Å². The molecule has 1 aromatic heterocycles. The van der Waals surface area contributed by atoms with Gasteiger partial charge < -0.3 is 5.11 Å². The zero-order valence-electron chi connectivity index (χ0n) is 9.48. The lowest BCUT2D eigenvalue weighted by Crippen LogP contribution is -2.07. The second kappa shape index (κ2) is 4.72. The fourth-order valence-corrected chi connectivity index (χ4v) is 1.67. The summed E-state index contributed by atoms with van der Waals surface area (Å²) in [5.41, 5.74) is -0.765. The van der Waals surface area contributed by atoms with Crippen LogP contribution in [0.25, 0.3) is 11.1 Å². The summed E-state index contributed by atoms with van der Waals surface area (Å²) in [4.78, 5) is 14.8. The first kappa shape index (κ1) is 13.1. The van der Waals surface area contributed by atoms with Gasteiger partial charge in [0.25, 0.3) is 0 Å². The van der Waals surface area contributed by atoms with E-state index in [9.17, 15) is 18.0 Å². The van der Waals surface area contributed by atoms with Crippen molar-refractivity contribution in [1.29, 1.82) is 0 Å². The lowest BCUT2D eigenvalue weighted by molar-refractivity contribution is -0.137. The third kappa shape index (κ3) is 2.73. The highest BCUT2D eigenvalue weighted by molar-refractivity contribution is 5.96. The maximum Gasteiger partial charge on any atom is 0.416 e. The molecule has 0 radical (unpaired) electrons. The van der Waals surface area contributed by atoms with E-state index in [4.69, 9.17) is 5.11 Å². The first-order valence-electron chi connectivity index (χ1n) is 5.24. The monoisotopic (exact) mass is 267 g/mol. The average molecular weight is 267 g/mol. The minimum atomic E-state index is -4.52. The van der Waals surface area contributed by atoms with Crippen molar-refractivity contribution in [3.8, 4) is 11.1 Å². The maximum atomic E-state index is 12.7. The number of aromatic carboxylic acids is 1. The third-order valence-electron chi connectivity index (χ3n) is 2.55. The number of alkyl halides is 3. The Morgan fingerprint density at radius 2 is 1.95 bits per heavy atom. The van der Waals surface area contributed by atoms with Gasteiger partial charge in [-0.05, 0) is 29.8 Å². The molecule has 3 nitrogen and oxygen atoms in total. The molecule has 1 heterocycles. The summed E-state index contributed by atoms with van der Waals surface area (Å²) in [7, 11) is 0. The predicted octanol–water partition coefficient (Wildman–Crippen LogP) is 3.47. The van der Waals surface area contributed by atoms with Crippen molar-refractivity contribution in [3.63, 3.8) is 0 Å². The number of carboxylic acids is 1. The average Bonchev–Trinajstić information content (AvgIpc) is 2.38. The maximum absolute atomic E-state index is 12.7. The molecule has 0 saturated carbocycles. The molecular formula is C13H8F3NO2. The number of halogens is 3. The van der Waals surface area contributed by atoms with Crippen molar-refractivity contribution in [1.82, 2.24) is 4.98 Å². The molecule has 0 bridgehead atoms. The van der Waals surface area contributed by atoms with Crippen molar-refractivity contribution >= 4 is 5.97 Å². The molecule has 0 aliphatic rings. The quantitative estimate of drug-likeness (QED) is 0.906. The van der Waals surface area contributed by atoms with E-state index in [-0.39, 0.29) is 11.1 Å². The van der Waals surface area contributed by atoms with Gasteiger partial charge in [0.05, 0.1) is 11.1 Å². The number of hydrogen-bond donors (Lipinski definition) is 1. The van der Waals surface area contributed by atoms with Crippen LogP contribution < -0.4 is 0 Å². The Balaban J connectivity index is 2.65. The van der Waals surface area contributed by atoms with E-state index in [2.05, 4.69) is 4.98 Å². The van der Waals surface area contributed by atoms with Crippen LogP contribution in [0.5, 0.6) is 0 Å². The summed E-state index contributed by atoms with van der Waals surface area (Å²) in [5, 5.41) is 9.02. The fourth-order valence-electron chi connectivity index (χ4n) is 1.67. The molecule has 0 fully saturated rings. The minimum Gasteiger partial charge on any atom is -0.478 e. The van der Waals surface area contributed by atoms with Gasteiger partial charge in [0.15, 0.2) is 0 Å². The van der Waals surface area contributed by atoms with Crippen LogP contribution in [0.4, 0.5) is 13.2 Å². The molecule has 2 aromatic rings. The van der Waals surface area contributed by atoms with Crippen LogP contribution in [0.3, 0.4) is 0 Å². The molecule has 0 aliphatic heterocycles. The van der Waals surface area contributed by atoms with Gasteiger partial charge in [-0.25, -0.2) is 4.79 Å². The molecule has 1 N–H and O–H groups in total. The molecule has 0 spiro atoms. The Bertz CT molecular complexity index is 609. The van der Waals surface area contributed by atoms with E-state index in [1.807, 2.05) is 0 Å². The number of rotatable bonds is 2. The van der Waals surface area contributed by atoms with Crippen molar-refractivity contribution in [2.45, 2.75) is 6.18 Å². The Morgan fingerprint density at radius 3 is 2.47 bits per heavy atom. The van der Waals surface area contributed by atoms with Crippen molar-refractivity contribution < 1.29 is 23.1 Å². The van der Waals surface area contributed by atoms with Gasteiger partial charge in [0, 0.05) is 18.0 Å². The largest absolute Gasteiger partial charge is 0.478 e. The third-order valence-corrected chi connectivity index (χ3v) is 2.55. The van der Waals surface area contributed by atoms with Crippen LogP contribution in [0.1, 0.15) is 15.9 Å². The summed E-state index contributed by atoms with van der Waals surface area (Å²) >= 11 is 0. The highest BCUT2D eigenvalue weighted by Crippen LogP contribution is 2.33. The molecule has 0 unspecified atom stereocenters. The van der Waals surface area contributed by atoms with E-state index >= 15 is 0 Å². The molecule has 2 rings (SSSR count). The number of benzene rings is 1. The lowest BCUT2D eigenvalue weighted by atomic mass is 9.98. The Labute approximate surface area is 106 Å². The molecule has 6 heteroatoms. The summed E-state index contributed by atoms with van der Waals surface area (Å²) in [5.74, 6) is -1.28. The van der Waals surface area contributed by atoms with Crippen LogP contribution in [-0.2, 0) is 6.18 Å². The topological polar surface area (TPSA) is 50.2 Å². The normalized spacial score (nSPS) is 11.3. The lowest BCUT2D eigenvalue weighted by Gasteiger charge is -2.11. The van der Waals surface area contributed by atoms with E-state index in [0.717, 1.165) is 18.2 Å². The Hall–Kier alpha value is -2.37. The number of hydrogen-bond acceptors (Lipinski definition) is 2. The first-order valence-corrected chi connectivity index (χ1v) is 5.24. The SMILES string of the molecule is O=C(O)c1ccc(C(F)(F)F)cc1-c1cccnc1. The summed E-state index contributed by atoms with van der Waals surface area (Å²) in [6.45, 7) is 0. The molecule has 0 aliphatic carbocycles. The van der Waals surface area contributed by atoms with Gasteiger partial charge in [-0.3, -0.25) is 4.98 Å². The molecule has 0 atom stereocenters. The smallest absolute Gasteiger partial charge is 0.416 e. The summed E-state index contributed by atoms with van der Waals surface area (Å²) < 4.78 is 38.0. The van der Waals surface area contributed by atoms with Crippen LogP contribution in [0.2, 0.25) is 0 Å². The van der Waals surface area contributed by atoms with Crippen LogP contribution in [-0.4, -0.2) is 16.1 Å². The standard InChI is InChI=1S/C13H8F3NO2/c14-13(15,16)9-3-4-10(12(18)19)11(6-9)8-2-1-5-17-7-8/h1-7H,(H,18,19). The minimum absolute atomic E-state index is 0.00424. The number of pyridine rings is 1. The Kier molecular flexibility index (Phi) is 3.25. The van der Waals surface area contributed by atoms with E-state index in [0.29, 0.717) is 5.56 Å². The number of nitrogens with zero attached hydrogens (tertiary/aromatic N) is 1. The molecule has 98 valence electrons. The van der Waals surface area contributed by atoms with Crippen molar-refractivity contribution in [3.05, 3.63) is 53.9 Å². The molecule has 19 heavy (non-hydrogen) atoms. The molecule has 0 amide bonds. The van der Waals surface area contributed by atoms with E-state index in [1.165, 1.54) is 24.5 Å². The molecule has 1 aromatic carbocycles. The van der Waals surface area contributed by atoms with Crippen LogP contribution >= 0.6 is 0 Å². The zero-order valence-corrected chi connectivity index (χ0v) is 9.48. The van der Waals surface area contributed by atoms with Gasteiger partial charge in [0.1, 0.15) is 0 Å². The number of carbonyl (C=O) groups is 1. The summed E-state index contributed by atoms with van der Waals surface area (Å²) in [6.07, 6.45) is -1.74. The predicted molar refractivity (Wildman–Crippen MR) is 61.6 cm³/mol. The zero-order chi connectivity index (χ0) is 14.0. The second-order valence-electron chi connectivity index (χ2n) is 3.80. The van der Waals surface area contributed by atoms with Gasteiger partial charge in [-0.15, -0.1) is 0 Å². The van der Waals surface area contributed by atoms with Gasteiger partial charge in [0.2, 0.25) is 0 Å². The van der Waals surface area contributed by atoms with E-state index in [1.54, 1.807) is 0 Å². The fraction of sp³-hybridized carbons (Fsp3) is 0.0769. The summed E-state index contributed by atoms with van der Waals surface area (Å²) in [6, 6.07) is 5.56. The highest BCUT2D eigenvalue weighted by atomic mass is 19.4. The van der Waals surface area contributed by atoms with Crippen molar-refractivity contribution in [2.24, 2.45) is 0 Å². The van der Waals surface area contributed by atoms with E-state index < -0.39 is 17.7 Å². The number of carboxylic acid groups (broad SMARTS) is 1. The molecule has 0 saturated heterocycles. The Morgan fingerprint density at radius 1 is 1.21 bits per heavy atom.